The van der Waals surface area contributed by atoms with E-state index < -0.39 is 0 Å². The summed E-state index contributed by atoms with van der Waals surface area (Å²) in [6.45, 7) is 6.80. The molecule has 0 radical (unpaired) electrons. The lowest BCUT2D eigenvalue weighted by atomic mass is 10.1. The molecule has 0 spiro atoms. The molecule has 4 heteroatoms. The number of aryl methyl sites for hydroxylation is 1. The van der Waals surface area contributed by atoms with E-state index >= 15 is 0 Å². The lowest BCUT2D eigenvalue weighted by Gasteiger charge is -2.32. The van der Waals surface area contributed by atoms with Crippen LogP contribution < -0.4 is 9.64 Å². The number of hydrogen-bond donors (Lipinski definition) is 1. The molecule has 2 aromatic carbocycles. The third-order valence-electron chi connectivity index (χ3n) is 4.96. The van der Waals surface area contributed by atoms with Crippen molar-refractivity contribution >= 4 is 5.91 Å². The van der Waals surface area contributed by atoms with Gasteiger partial charge in [0.25, 0.3) is 5.91 Å². The summed E-state index contributed by atoms with van der Waals surface area (Å²) in [5, 5.41) is 0. The summed E-state index contributed by atoms with van der Waals surface area (Å²) in [5.41, 5.74) is 3.46. The normalized spacial score (nSPS) is 15.2. The summed E-state index contributed by atoms with van der Waals surface area (Å²) in [5.74, 6) is 0.830. The number of benzene rings is 2. The van der Waals surface area contributed by atoms with E-state index in [4.69, 9.17) is 4.74 Å². The van der Waals surface area contributed by atoms with Crippen molar-refractivity contribution in [1.82, 2.24) is 4.90 Å². The average Bonchev–Trinajstić information content (AvgIpc) is 2.68. The van der Waals surface area contributed by atoms with Crippen molar-refractivity contribution in [2.75, 3.05) is 33.3 Å². The quantitative estimate of drug-likeness (QED) is 0.901. The van der Waals surface area contributed by atoms with Crippen molar-refractivity contribution < 1.29 is 14.4 Å². The first kappa shape index (κ1) is 17.5. The Kier molecular flexibility index (Phi) is 5.71. The average molecular weight is 339 g/mol. The highest BCUT2D eigenvalue weighted by atomic mass is 16.5. The molecule has 4 nitrogen and oxygen atoms in total. The zero-order valence-corrected chi connectivity index (χ0v) is 15.1. The largest absolute Gasteiger partial charge is 0.497 e. The Balaban J connectivity index is 1.54. The van der Waals surface area contributed by atoms with E-state index in [1.165, 1.54) is 11.1 Å². The van der Waals surface area contributed by atoms with Gasteiger partial charge in [0.05, 0.1) is 33.3 Å². The highest BCUT2D eigenvalue weighted by Gasteiger charge is 2.24. The molecule has 0 aromatic heterocycles. The van der Waals surface area contributed by atoms with Crippen LogP contribution in [0, 0.1) is 0 Å². The molecule has 2 aromatic rings. The van der Waals surface area contributed by atoms with Crippen molar-refractivity contribution in [2.24, 2.45) is 0 Å². The maximum Gasteiger partial charge on any atom is 0.254 e. The molecule has 0 bridgehead atoms. The fourth-order valence-corrected chi connectivity index (χ4v) is 3.32. The Labute approximate surface area is 150 Å². The molecule has 0 aliphatic carbocycles. The van der Waals surface area contributed by atoms with Crippen LogP contribution in [0.4, 0.5) is 0 Å². The topological polar surface area (TPSA) is 34.0 Å². The van der Waals surface area contributed by atoms with Crippen LogP contribution in [0.2, 0.25) is 0 Å². The summed E-state index contributed by atoms with van der Waals surface area (Å²) in [6.07, 6.45) is 1.08. The van der Waals surface area contributed by atoms with E-state index in [2.05, 4.69) is 31.2 Å². The van der Waals surface area contributed by atoms with Crippen molar-refractivity contribution in [2.45, 2.75) is 19.9 Å². The Hall–Kier alpha value is -2.33. The number of carbonyl (C=O) groups excluding carboxylic acids is 1. The number of carbonyl (C=O) groups is 1. The minimum absolute atomic E-state index is 0.102. The second-order valence-electron chi connectivity index (χ2n) is 6.62. The number of hydrogen-bond acceptors (Lipinski definition) is 2. The summed E-state index contributed by atoms with van der Waals surface area (Å²) in [4.78, 5) is 16.2. The molecular formula is C21H27N2O2+. The van der Waals surface area contributed by atoms with Gasteiger partial charge in [-0.3, -0.25) is 4.79 Å². The Morgan fingerprint density at radius 1 is 1.08 bits per heavy atom. The zero-order valence-electron chi connectivity index (χ0n) is 15.1. The molecule has 1 heterocycles. The SMILES string of the molecule is CCc1ccc(C[NH+]2CCN(C(=O)c3cccc(OC)c3)CC2)cc1. The number of quaternary nitrogens is 1. The van der Waals surface area contributed by atoms with Crippen molar-refractivity contribution in [1.29, 1.82) is 0 Å². The van der Waals surface area contributed by atoms with E-state index in [1.54, 1.807) is 12.0 Å². The Morgan fingerprint density at radius 3 is 2.40 bits per heavy atom. The minimum atomic E-state index is 0.102. The van der Waals surface area contributed by atoms with Crippen molar-refractivity contribution in [3.63, 3.8) is 0 Å². The molecule has 1 N–H and O–H groups in total. The smallest absolute Gasteiger partial charge is 0.254 e. The maximum atomic E-state index is 12.7. The number of nitrogens with zero attached hydrogens (tertiary/aromatic N) is 1. The summed E-state index contributed by atoms with van der Waals surface area (Å²) in [6, 6.07) is 16.3. The van der Waals surface area contributed by atoms with Crippen LogP contribution in [-0.4, -0.2) is 44.1 Å². The standard InChI is InChI=1S/C21H26N2O2/c1-3-17-7-9-18(10-8-17)16-22-11-13-23(14-12-22)21(24)19-5-4-6-20(15-19)25-2/h4-10,15H,3,11-14,16H2,1-2H3/p+1. The second-order valence-corrected chi connectivity index (χ2v) is 6.62. The molecule has 0 atom stereocenters. The Morgan fingerprint density at radius 2 is 1.76 bits per heavy atom. The van der Waals surface area contributed by atoms with Crippen LogP contribution in [-0.2, 0) is 13.0 Å². The van der Waals surface area contributed by atoms with Gasteiger partial charge in [-0.05, 0) is 30.2 Å². The molecular weight excluding hydrogens is 312 g/mol. The highest BCUT2D eigenvalue weighted by Crippen LogP contribution is 2.14. The summed E-state index contributed by atoms with van der Waals surface area (Å²) < 4.78 is 5.22. The van der Waals surface area contributed by atoms with Gasteiger partial charge in [-0.2, -0.15) is 0 Å². The van der Waals surface area contributed by atoms with E-state index in [1.807, 2.05) is 29.2 Å². The van der Waals surface area contributed by atoms with Gasteiger partial charge in [-0.15, -0.1) is 0 Å². The predicted octanol–water partition coefficient (Wildman–Crippen LogP) is 1.80. The molecule has 0 unspecified atom stereocenters. The van der Waals surface area contributed by atoms with Gasteiger partial charge in [0.15, 0.2) is 0 Å². The first-order valence-electron chi connectivity index (χ1n) is 9.04. The summed E-state index contributed by atoms with van der Waals surface area (Å²) in [7, 11) is 1.62. The third kappa shape index (κ3) is 4.40. The van der Waals surface area contributed by atoms with E-state index in [0.717, 1.165) is 44.9 Å². The van der Waals surface area contributed by atoms with Crippen molar-refractivity contribution in [3.05, 3.63) is 65.2 Å². The molecule has 25 heavy (non-hydrogen) atoms. The Bertz CT molecular complexity index is 704. The molecule has 132 valence electrons. The molecule has 1 saturated heterocycles. The first-order chi connectivity index (χ1) is 12.2. The number of methoxy groups -OCH3 is 1. The zero-order chi connectivity index (χ0) is 17.6. The fourth-order valence-electron chi connectivity index (χ4n) is 3.32. The van der Waals surface area contributed by atoms with E-state index in [-0.39, 0.29) is 5.91 Å². The molecule has 1 fully saturated rings. The van der Waals surface area contributed by atoms with E-state index in [9.17, 15) is 4.79 Å². The van der Waals surface area contributed by atoms with Crippen LogP contribution in [0.25, 0.3) is 0 Å². The first-order valence-corrected chi connectivity index (χ1v) is 9.04. The van der Waals surface area contributed by atoms with Crippen LogP contribution in [0.3, 0.4) is 0 Å². The number of ether oxygens (including phenoxy) is 1. The van der Waals surface area contributed by atoms with Gasteiger partial charge >= 0.3 is 0 Å². The highest BCUT2D eigenvalue weighted by molar-refractivity contribution is 5.94. The van der Waals surface area contributed by atoms with Gasteiger partial charge in [0, 0.05) is 11.1 Å². The van der Waals surface area contributed by atoms with E-state index in [0.29, 0.717) is 5.56 Å². The number of rotatable bonds is 5. The van der Waals surface area contributed by atoms with Gasteiger partial charge < -0.3 is 14.5 Å². The number of nitrogens with one attached hydrogen (secondary N) is 1. The van der Waals surface area contributed by atoms with Crippen LogP contribution in [0.15, 0.2) is 48.5 Å². The predicted molar refractivity (Wildman–Crippen MR) is 99.1 cm³/mol. The maximum absolute atomic E-state index is 12.7. The lowest BCUT2D eigenvalue weighted by molar-refractivity contribution is -0.917. The fraction of sp³-hybridized carbons (Fsp3) is 0.381. The van der Waals surface area contributed by atoms with Crippen LogP contribution in [0.5, 0.6) is 5.75 Å². The van der Waals surface area contributed by atoms with Gasteiger partial charge in [0.2, 0.25) is 0 Å². The van der Waals surface area contributed by atoms with Gasteiger partial charge in [-0.1, -0.05) is 37.3 Å². The molecule has 1 aliphatic rings. The lowest BCUT2D eigenvalue weighted by Crippen LogP contribution is -3.13. The monoisotopic (exact) mass is 339 g/mol. The molecule has 0 saturated carbocycles. The van der Waals surface area contributed by atoms with Crippen LogP contribution >= 0.6 is 0 Å². The third-order valence-corrected chi connectivity index (χ3v) is 4.96. The number of amides is 1. The molecule has 1 aliphatic heterocycles. The van der Waals surface area contributed by atoms with Crippen LogP contribution in [0.1, 0.15) is 28.4 Å². The summed E-state index contributed by atoms with van der Waals surface area (Å²) >= 11 is 0. The molecule has 1 amide bonds. The minimum Gasteiger partial charge on any atom is -0.497 e. The second kappa shape index (κ2) is 8.17. The number of piperazine rings is 1. The van der Waals surface area contributed by atoms with Crippen molar-refractivity contribution in [3.8, 4) is 5.75 Å². The van der Waals surface area contributed by atoms with Gasteiger partial charge in [-0.25, -0.2) is 0 Å². The molecule has 3 rings (SSSR count). The van der Waals surface area contributed by atoms with Gasteiger partial charge in [0.1, 0.15) is 12.3 Å².